The summed E-state index contributed by atoms with van der Waals surface area (Å²) in [5.41, 5.74) is 5.19. The molecule has 0 saturated carbocycles. The van der Waals surface area contributed by atoms with Crippen LogP contribution in [0.5, 0.6) is 17.2 Å². The first-order chi connectivity index (χ1) is 19.5. The van der Waals surface area contributed by atoms with E-state index in [4.69, 9.17) is 14.2 Å². The summed E-state index contributed by atoms with van der Waals surface area (Å²) >= 11 is 0. The second-order valence-corrected chi connectivity index (χ2v) is 9.66. The normalized spacial score (nSPS) is 11.8. The fraction of sp³-hybridized carbons (Fsp3) is 0.412. The van der Waals surface area contributed by atoms with Gasteiger partial charge < -0.3 is 29.1 Å². The van der Waals surface area contributed by atoms with Gasteiger partial charge in [0.25, 0.3) is 0 Å². The van der Waals surface area contributed by atoms with Crippen LogP contribution in [0.3, 0.4) is 0 Å². The fourth-order valence-corrected chi connectivity index (χ4v) is 4.50. The van der Waals surface area contributed by atoms with Crippen molar-refractivity contribution >= 4 is 5.69 Å². The lowest BCUT2D eigenvalue weighted by Crippen LogP contribution is -2.27. The van der Waals surface area contributed by atoms with Crippen molar-refractivity contribution in [2.24, 2.45) is 0 Å². The van der Waals surface area contributed by atoms with Crippen LogP contribution in [0.25, 0.3) is 0 Å². The largest absolute Gasteiger partial charge is 0.508 e. The lowest BCUT2D eigenvalue weighted by atomic mass is 9.92. The number of aromatic hydroxyl groups is 1. The zero-order valence-corrected chi connectivity index (χ0v) is 24.6. The molecule has 0 aromatic heterocycles. The number of terminal acetylenes is 1. The van der Waals surface area contributed by atoms with E-state index in [1.165, 1.54) is 36.0 Å². The Kier molecular flexibility index (Phi) is 15.1. The molecule has 4 rings (SSSR count). The van der Waals surface area contributed by atoms with Gasteiger partial charge in [-0.15, -0.1) is 12.8 Å². The van der Waals surface area contributed by atoms with Gasteiger partial charge in [0, 0.05) is 45.0 Å². The quantitative estimate of drug-likeness (QED) is 0.273. The number of phenols is 1. The first-order valence-corrected chi connectivity index (χ1v) is 13.9. The van der Waals surface area contributed by atoms with E-state index in [1.807, 2.05) is 36.4 Å². The molecule has 0 amide bonds. The maximum Gasteiger partial charge on any atom is 0.120 e. The lowest BCUT2D eigenvalue weighted by molar-refractivity contribution is 0.150. The molecular weight excluding hydrogens is 500 g/mol. The van der Waals surface area contributed by atoms with E-state index in [0.717, 1.165) is 56.4 Å². The van der Waals surface area contributed by atoms with Crippen molar-refractivity contribution in [3.05, 3.63) is 83.4 Å². The number of nitrogens with zero attached hydrogens (tertiary/aromatic N) is 2. The predicted molar refractivity (Wildman–Crippen MR) is 166 cm³/mol. The number of phenolic OH excluding ortho intramolecular Hbond substituents is 1. The monoisotopic (exact) mass is 546 g/mol. The Morgan fingerprint density at radius 1 is 0.825 bits per heavy atom. The molecule has 1 aliphatic carbocycles. The maximum absolute atomic E-state index is 9.19. The predicted octanol–water partition coefficient (Wildman–Crippen LogP) is 6.20. The number of fused-ring (bicyclic) bond motifs is 1. The van der Waals surface area contributed by atoms with E-state index in [1.54, 1.807) is 20.3 Å². The molecule has 0 atom stereocenters. The number of rotatable bonds is 12. The first-order valence-electron chi connectivity index (χ1n) is 13.9. The molecule has 0 spiro atoms. The molecule has 3 aromatic rings. The van der Waals surface area contributed by atoms with Gasteiger partial charge in [0.1, 0.15) is 23.9 Å². The molecule has 3 aromatic carbocycles. The van der Waals surface area contributed by atoms with Crippen LogP contribution in [0.2, 0.25) is 0 Å². The number of hydrogen-bond acceptors (Lipinski definition) is 6. The Balaban J connectivity index is 0.000000355. The van der Waals surface area contributed by atoms with Crippen molar-refractivity contribution in [3.63, 3.8) is 0 Å². The number of ether oxygens (including phenoxy) is 3. The molecule has 216 valence electrons. The van der Waals surface area contributed by atoms with Crippen molar-refractivity contribution < 1.29 is 19.3 Å². The molecule has 0 bridgehead atoms. The smallest absolute Gasteiger partial charge is 0.120 e. The average molecular weight is 547 g/mol. The first kappa shape index (κ1) is 32.6. The maximum atomic E-state index is 9.19. The molecule has 0 saturated heterocycles. The number of anilines is 1. The molecule has 40 heavy (non-hydrogen) atoms. The zero-order chi connectivity index (χ0) is 29.2. The standard InChI is InChI=1S/C22H32N2O3.C10H12O.C2H2/c1-5-24(20-7-6-8-22(17-20)26-4)18-19-9-11-21(12-10-19)27-16-14-23(2)13-15-25-3;11-10-6-5-8-3-1-2-4-9(8)7-10;1-2/h6-12,17H,5,13-16,18H2,1-4H3;5-7,11H,1-4H2;1-2H. The topological polar surface area (TPSA) is 54.4 Å². The summed E-state index contributed by atoms with van der Waals surface area (Å²) in [5.74, 6) is 2.19. The Labute approximate surface area is 241 Å². The van der Waals surface area contributed by atoms with Gasteiger partial charge in [-0.1, -0.05) is 24.3 Å². The van der Waals surface area contributed by atoms with Gasteiger partial charge in [-0.05, 0) is 92.7 Å². The number of hydrogen-bond donors (Lipinski definition) is 1. The van der Waals surface area contributed by atoms with Gasteiger partial charge in [-0.3, -0.25) is 0 Å². The van der Waals surface area contributed by atoms with E-state index in [2.05, 4.69) is 60.9 Å². The van der Waals surface area contributed by atoms with Crippen molar-refractivity contribution in [2.75, 3.05) is 59.0 Å². The highest BCUT2D eigenvalue weighted by Crippen LogP contribution is 2.25. The molecule has 1 aliphatic rings. The van der Waals surface area contributed by atoms with Crippen molar-refractivity contribution in [1.82, 2.24) is 4.90 Å². The van der Waals surface area contributed by atoms with E-state index >= 15 is 0 Å². The summed E-state index contributed by atoms with van der Waals surface area (Å²) in [6, 6.07) is 22.3. The number of aryl methyl sites for hydroxylation is 2. The van der Waals surface area contributed by atoms with Crippen molar-refractivity contribution in [1.29, 1.82) is 0 Å². The van der Waals surface area contributed by atoms with Crippen molar-refractivity contribution in [3.8, 4) is 30.1 Å². The third kappa shape index (κ3) is 11.2. The van der Waals surface area contributed by atoms with Crippen LogP contribution in [0.1, 0.15) is 36.5 Å². The highest BCUT2D eigenvalue weighted by atomic mass is 16.5. The third-order valence-corrected chi connectivity index (χ3v) is 6.85. The number of benzene rings is 3. The Hall–Kier alpha value is -3.66. The van der Waals surface area contributed by atoms with Gasteiger partial charge >= 0.3 is 0 Å². The summed E-state index contributed by atoms with van der Waals surface area (Å²) in [6.07, 6.45) is 12.9. The summed E-state index contributed by atoms with van der Waals surface area (Å²) in [7, 11) is 5.49. The molecule has 0 unspecified atom stereocenters. The highest BCUT2D eigenvalue weighted by Gasteiger charge is 2.09. The minimum absolute atomic E-state index is 0.408. The van der Waals surface area contributed by atoms with Gasteiger partial charge in [-0.25, -0.2) is 0 Å². The second-order valence-electron chi connectivity index (χ2n) is 9.66. The van der Waals surface area contributed by atoms with Crippen LogP contribution in [-0.2, 0) is 24.1 Å². The minimum atomic E-state index is 0.408. The number of methoxy groups -OCH3 is 2. The molecule has 0 heterocycles. The molecule has 0 radical (unpaired) electrons. The van der Waals surface area contributed by atoms with Crippen molar-refractivity contribution in [2.45, 2.75) is 39.2 Å². The SMILES string of the molecule is C#C.CCN(Cc1ccc(OCCN(C)CCOC)cc1)c1cccc(OC)c1.Oc1ccc2c(c1)CCCC2. The second kappa shape index (κ2) is 18.6. The minimum Gasteiger partial charge on any atom is -0.508 e. The van der Waals surface area contributed by atoms with Crippen LogP contribution in [-0.4, -0.2) is 64.1 Å². The molecule has 1 N–H and O–H groups in total. The zero-order valence-electron chi connectivity index (χ0n) is 24.6. The van der Waals surface area contributed by atoms with Crippen LogP contribution >= 0.6 is 0 Å². The van der Waals surface area contributed by atoms with Crippen LogP contribution in [0.15, 0.2) is 66.7 Å². The van der Waals surface area contributed by atoms with Crippen LogP contribution < -0.4 is 14.4 Å². The van der Waals surface area contributed by atoms with E-state index in [-0.39, 0.29) is 0 Å². The average Bonchev–Trinajstić information content (AvgIpc) is 3.00. The molecule has 0 fully saturated rings. The van der Waals surface area contributed by atoms with E-state index in [0.29, 0.717) is 12.4 Å². The van der Waals surface area contributed by atoms with Crippen LogP contribution in [0.4, 0.5) is 5.69 Å². The Morgan fingerprint density at radius 3 is 2.20 bits per heavy atom. The molecule has 6 nitrogen and oxygen atoms in total. The van der Waals surface area contributed by atoms with E-state index in [9.17, 15) is 5.11 Å². The summed E-state index contributed by atoms with van der Waals surface area (Å²) in [5, 5.41) is 9.19. The molecular formula is C34H46N2O4. The third-order valence-electron chi connectivity index (χ3n) is 6.85. The fourth-order valence-electron chi connectivity index (χ4n) is 4.50. The Bertz CT molecular complexity index is 1130. The lowest BCUT2D eigenvalue weighted by Gasteiger charge is -2.24. The van der Waals surface area contributed by atoms with Gasteiger partial charge in [0.2, 0.25) is 0 Å². The molecule has 0 aliphatic heterocycles. The highest BCUT2D eigenvalue weighted by molar-refractivity contribution is 5.51. The Morgan fingerprint density at radius 2 is 1.52 bits per heavy atom. The van der Waals surface area contributed by atoms with Gasteiger partial charge in [0.05, 0.1) is 13.7 Å². The molecule has 6 heteroatoms. The van der Waals surface area contributed by atoms with Gasteiger partial charge in [0.15, 0.2) is 0 Å². The van der Waals surface area contributed by atoms with Crippen LogP contribution in [0, 0.1) is 12.8 Å². The summed E-state index contributed by atoms with van der Waals surface area (Å²) in [4.78, 5) is 4.52. The number of likely N-dealkylation sites (N-methyl/N-ethyl adjacent to an activating group) is 1. The van der Waals surface area contributed by atoms with Gasteiger partial charge in [-0.2, -0.15) is 0 Å². The summed E-state index contributed by atoms with van der Waals surface area (Å²) < 4.78 is 16.3. The van der Waals surface area contributed by atoms with E-state index < -0.39 is 0 Å². The summed E-state index contributed by atoms with van der Waals surface area (Å²) in [6.45, 7) is 7.15.